The highest BCUT2D eigenvalue weighted by Gasteiger charge is 2.14. The van der Waals surface area contributed by atoms with E-state index in [-0.39, 0.29) is 5.91 Å². The molecule has 3 aromatic carbocycles. The van der Waals surface area contributed by atoms with Crippen molar-refractivity contribution in [1.82, 2.24) is 4.90 Å². The van der Waals surface area contributed by atoms with E-state index in [0.717, 1.165) is 35.9 Å². The number of carbonyl (C=O) groups is 1. The van der Waals surface area contributed by atoms with Crippen molar-refractivity contribution in [2.75, 3.05) is 22.9 Å². The Morgan fingerprint density at radius 1 is 0.795 bits per heavy atom. The van der Waals surface area contributed by atoms with Crippen molar-refractivity contribution in [1.29, 1.82) is 0 Å². The van der Waals surface area contributed by atoms with Crippen molar-refractivity contribution in [3.8, 4) is 0 Å². The Hall–Kier alpha value is -3.22. The first-order valence-electron chi connectivity index (χ1n) is 16.7. The van der Waals surface area contributed by atoms with E-state index in [1.54, 1.807) is 0 Å². The number of hydrogen-bond donors (Lipinski definition) is 1. The molecular weight excluding hydrogens is 563 g/mol. The highest BCUT2D eigenvalue weighted by atomic mass is 32.2. The largest absolute Gasteiger partial charge is 0.363 e. The molecule has 0 unspecified atom stereocenters. The highest BCUT2D eigenvalue weighted by molar-refractivity contribution is 8.03. The number of nitrogens with one attached hydrogen (secondary N) is 1. The molecule has 0 radical (unpaired) electrons. The van der Waals surface area contributed by atoms with E-state index < -0.39 is 0 Å². The molecular formula is C38H51N3O2S. The van der Waals surface area contributed by atoms with Gasteiger partial charge in [-0.15, -0.1) is 11.8 Å². The molecule has 44 heavy (non-hydrogen) atoms. The number of allylic oxidation sites excluding steroid dienone is 1. The number of amides is 1. The zero-order valence-corrected chi connectivity index (χ0v) is 27.6. The van der Waals surface area contributed by atoms with Crippen molar-refractivity contribution in [3.63, 3.8) is 0 Å². The van der Waals surface area contributed by atoms with Crippen LogP contribution in [0.25, 0.3) is 0 Å². The van der Waals surface area contributed by atoms with Gasteiger partial charge in [0, 0.05) is 24.0 Å². The summed E-state index contributed by atoms with van der Waals surface area (Å²) in [7, 11) is 0. The lowest BCUT2D eigenvalue weighted by molar-refractivity contribution is 0.102. The Balaban J connectivity index is 1.23. The smallest absolute Gasteiger partial charge is 0.255 e. The summed E-state index contributed by atoms with van der Waals surface area (Å²) in [4.78, 5) is 23.0. The zero-order chi connectivity index (χ0) is 30.8. The van der Waals surface area contributed by atoms with Gasteiger partial charge >= 0.3 is 0 Å². The van der Waals surface area contributed by atoms with Gasteiger partial charge in [0.05, 0.1) is 23.9 Å². The van der Waals surface area contributed by atoms with Crippen LogP contribution in [0.3, 0.4) is 0 Å². The van der Waals surface area contributed by atoms with E-state index in [4.69, 9.17) is 4.84 Å². The number of thioether (sulfide) groups is 1. The summed E-state index contributed by atoms with van der Waals surface area (Å²) >= 11 is 1.86. The third-order valence-electron chi connectivity index (χ3n) is 7.97. The van der Waals surface area contributed by atoms with Crippen molar-refractivity contribution < 1.29 is 9.63 Å². The minimum absolute atomic E-state index is 0.121. The summed E-state index contributed by atoms with van der Waals surface area (Å²) in [5.41, 5.74) is 4.47. The van der Waals surface area contributed by atoms with Crippen LogP contribution >= 0.6 is 11.8 Å². The molecule has 0 fully saturated rings. The van der Waals surface area contributed by atoms with Crippen LogP contribution in [0.1, 0.15) is 107 Å². The average molecular weight is 614 g/mol. The monoisotopic (exact) mass is 613 g/mol. The lowest BCUT2D eigenvalue weighted by Gasteiger charge is -2.24. The van der Waals surface area contributed by atoms with E-state index in [1.165, 1.54) is 81.1 Å². The quantitative estimate of drug-likeness (QED) is 0.101. The van der Waals surface area contributed by atoms with Crippen LogP contribution in [-0.4, -0.2) is 23.3 Å². The maximum absolute atomic E-state index is 13.1. The summed E-state index contributed by atoms with van der Waals surface area (Å²) in [5, 5.41) is 4.96. The van der Waals surface area contributed by atoms with Gasteiger partial charge in [0.15, 0.2) is 0 Å². The van der Waals surface area contributed by atoms with Gasteiger partial charge < -0.3 is 10.2 Å². The Labute approximate surface area is 270 Å². The lowest BCUT2D eigenvalue weighted by Crippen LogP contribution is -2.19. The predicted octanol–water partition coefficient (Wildman–Crippen LogP) is 11.1. The summed E-state index contributed by atoms with van der Waals surface area (Å²) < 4.78 is 0. The number of para-hydroxylation sites is 1. The summed E-state index contributed by atoms with van der Waals surface area (Å²) in [6.45, 7) is 5.91. The van der Waals surface area contributed by atoms with Crippen LogP contribution in [0.15, 0.2) is 90.0 Å². The van der Waals surface area contributed by atoms with Gasteiger partial charge in [-0.3, -0.25) is 9.63 Å². The van der Waals surface area contributed by atoms with Gasteiger partial charge in [-0.1, -0.05) is 108 Å². The number of rotatable bonds is 20. The van der Waals surface area contributed by atoms with Crippen molar-refractivity contribution in [2.24, 2.45) is 0 Å². The molecule has 0 saturated heterocycles. The molecule has 236 valence electrons. The Kier molecular flexibility index (Phi) is 14.7. The van der Waals surface area contributed by atoms with Gasteiger partial charge in [0.2, 0.25) is 0 Å². The topological polar surface area (TPSA) is 44.8 Å². The van der Waals surface area contributed by atoms with Crippen LogP contribution in [0, 0.1) is 0 Å². The van der Waals surface area contributed by atoms with Crippen LogP contribution in [0.2, 0.25) is 0 Å². The second kappa shape index (κ2) is 19.2. The zero-order valence-electron chi connectivity index (χ0n) is 26.8. The van der Waals surface area contributed by atoms with Gasteiger partial charge in [0.25, 0.3) is 5.91 Å². The van der Waals surface area contributed by atoms with Gasteiger partial charge in [-0.25, -0.2) is 5.06 Å². The summed E-state index contributed by atoms with van der Waals surface area (Å²) in [5.74, 6) is 0.850. The van der Waals surface area contributed by atoms with Crippen LogP contribution < -0.4 is 10.4 Å². The molecule has 4 rings (SSSR count). The maximum Gasteiger partial charge on any atom is 0.255 e. The van der Waals surface area contributed by atoms with E-state index in [9.17, 15) is 4.79 Å². The first kappa shape index (κ1) is 33.7. The summed E-state index contributed by atoms with van der Waals surface area (Å²) in [6.07, 6.45) is 18.0. The lowest BCUT2D eigenvalue weighted by atomic mass is 10.1. The second-order valence-electron chi connectivity index (χ2n) is 11.8. The molecule has 1 aliphatic heterocycles. The average Bonchev–Trinajstić information content (AvgIpc) is 3.46. The van der Waals surface area contributed by atoms with E-state index >= 15 is 0 Å². The number of unbranched alkanes of at least 4 members (excludes halogenated alkanes) is 11. The van der Waals surface area contributed by atoms with E-state index in [2.05, 4.69) is 42.4 Å². The van der Waals surface area contributed by atoms with Gasteiger partial charge in [0.1, 0.15) is 0 Å². The molecule has 0 atom stereocenters. The molecule has 0 spiro atoms. The SMILES string of the molecule is CCCCCCCCCCCCCCON(c1ccccc1)c1ccc(C(=O)Nc2cccc(CN3C=C(C)SC3)c2)cc1. The molecule has 6 heteroatoms. The van der Waals surface area contributed by atoms with Gasteiger partial charge in [-0.2, -0.15) is 0 Å². The predicted molar refractivity (Wildman–Crippen MR) is 188 cm³/mol. The standard InChI is InChI=1S/C38H51N3O2S/c1-3-4-5-6-7-8-9-10-11-12-13-17-27-43-41(36-21-15-14-16-22-36)37-25-23-34(24-26-37)38(42)39-35-20-18-19-33(28-35)30-40-29-32(2)44-31-40/h14-16,18-26,28-29H,3-13,17,27,30-31H2,1-2H3,(H,39,42). The highest BCUT2D eigenvalue weighted by Crippen LogP contribution is 2.28. The third kappa shape index (κ3) is 11.7. The molecule has 1 N–H and O–H groups in total. The first-order chi connectivity index (χ1) is 21.6. The Morgan fingerprint density at radius 2 is 1.43 bits per heavy atom. The van der Waals surface area contributed by atoms with Crippen molar-refractivity contribution in [2.45, 2.75) is 97.4 Å². The number of carbonyl (C=O) groups excluding carboxylic acids is 1. The second-order valence-corrected chi connectivity index (χ2v) is 13.0. The Bertz CT molecular complexity index is 1280. The van der Waals surface area contributed by atoms with Crippen LogP contribution in [-0.2, 0) is 11.4 Å². The fourth-order valence-electron chi connectivity index (χ4n) is 5.50. The Morgan fingerprint density at radius 3 is 2.07 bits per heavy atom. The minimum atomic E-state index is -0.121. The fraction of sp³-hybridized carbons (Fsp3) is 0.447. The third-order valence-corrected chi connectivity index (χ3v) is 8.99. The number of benzene rings is 3. The number of hydrogen-bond acceptors (Lipinski definition) is 5. The maximum atomic E-state index is 13.1. The molecule has 1 heterocycles. The molecule has 1 amide bonds. The van der Waals surface area contributed by atoms with Crippen molar-refractivity contribution in [3.05, 3.63) is 101 Å². The van der Waals surface area contributed by atoms with E-state index in [0.29, 0.717) is 12.2 Å². The van der Waals surface area contributed by atoms with E-state index in [1.807, 2.05) is 83.6 Å². The number of anilines is 3. The molecule has 0 saturated carbocycles. The number of nitrogens with zero attached hydrogens (tertiary/aromatic N) is 2. The molecule has 0 aliphatic carbocycles. The fourth-order valence-corrected chi connectivity index (χ4v) is 6.26. The molecule has 3 aromatic rings. The molecule has 1 aliphatic rings. The van der Waals surface area contributed by atoms with Crippen LogP contribution in [0.5, 0.6) is 0 Å². The normalized spacial score (nSPS) is 12.8. The molecule has 0 bridgehead atoms. The van der Waals surface area contributed by atoms with Gasteiger partial charge in [-0.05, 0) is 72.3 Å². The molecule has 5 nitrogen and oxygen atoms in total. The summed E-state index contributed by atoms with van der Waals surface area (Å²) in [6, 6.07) is 25.9. The molecule has 0 aromatic heterocycles. The van der Waals surface area contributed by atoms with Crippen LogP contribution in [0.4, 0.5) is 17.1 Å². The first-order valence-corrected chi connectivity index (χ1v) is 17.6. The van der Waals surface area contributed by atoms with Crippen molar-refractivity contribution >= 4 is 34.7 Å². The minimum Gasteiger partial charge on any atom is -0.363 e.